The Morgan fingerprint density at radius 1 is 1.40 bits per heavy atom. The molecular weight excluding hydrogens is 286 g/mol. The van der Waals surface area contributed by atoms with Crippen LogP contribution in [0.5, 0.6) is 0 Å². The highest BCUT2D eigenvalue weighted by atomic mass is 32.2. The number of hydrogen-bond acceptors (Lipinski definition) is 8. The van der Waals surface area contributed by atoms with Crippen LogP contribution in [0.15, 0.2) is 12.1 Å². The molecule has 4 N–H and O–H groups in total. The average molecular weight is 303 g/mol. The van der Waals surface area contributed by atoms with Crippen molar-refractivity contribution in [2.24, 2.45) is 5.84 Å². The summed E-state index contributed by atoms with van der Waals surface area (Å²) < 4.78 is 22.1. The summed E-state index contributed by atoms with van der Waals surface area (Å²) in [7, 11) is -3.28. The third kappa shape index (κ3) is 3.78. The van der Waals surface area contributed by atoms with Gasteiger partial charge in [0.15, 0.2) is 9.84 Å². The van der Waals surface area contributed by atoms with Crippen LogP contribution in [0.4, 0.5) is 17.3 Å². The predicted molar refractivity (Wildman–Crippen MR) is 76.1 cm³/mol. The molecule has 0 radical (unpaired) electrons. The molecule has 0 aliphatic carbocycles. The summed E-state index contributed by atoms with van der Waals surface area (Å²) in [6.07, 6.45) is 1.13. The van der Waals surface area contributed by atoms with Crippen LogP contribution >= 0.6 is 0 Å². The first kappa shape index (κ1) is 16.1. The molecule has 20 heavy (non-hydrogen) atoms. The molecule has 0 spiro atoms. The molecular formula is C10H17N5O4S. The standard InChI is InChI=1S/C10H17N5O4S/c1-10(2,20(3,18)19)6-12-8-4-7(15(16)17)5-9(13-8)14-11/h4-5H,6,11H2,1-3H3,(H2,12,13,14). The van der Waals surface area contributed by atoms with E-state index in [0.29, 0.717) is 0 Å². The quantitative estimate of drug-likeness (QED) is 0.392. The molecule has 1 aromatic heterocycles. The average Bonchev–Trinajstić information content (AvgIpc) is 2.34. The Labute approximate surface area is 116 Å². The molecule has 0 amide bonds. The van der Waals surface area contributed by atoms with E-state index >= 15 is 0 Å². The van der Waals surface area contributed by atoms with Gasteiger partial charge >= 0.3 is 0 Å². The number of nitrogen functional groups attached to an aromatic ring is 1. The summed E-state index contributed by atoms with van der Waals surface area (Å²) in [5, 5.41) is 13.5. The van der Waals surface area contributed by atoms with Gasteiger partial charge in [-0.25, -0.2) is 19.2 Å². The minimum absolute atomic E-state index is 0.0595. The highest BCUT2D eigenvalue weighted by Gasteiger charge is 2.30. The fourth-order valence-electron chi connectivity index (χ4n) is 1.22. The maximum atomic E-state index is 11.6. The van der Waals surface area contributed by atoms with Crippen LogP contribution in [0.1, 0.15) is 13.8 Å². The van der Waals surface area contributed by atoms with Crippen LogP contribution in [0.25, 0.3) is 0 Å². The van der Waals surface area contributed by atoms with E-state index in [4.69, 9.17) is 5.84 Å². The third-order valence-corrected chi connectivity index (χ3v) is 5.02. The van der Waals surface area contributed by atoms with Crippen molar-refractivity contribution >= 4 is 27.2 Å². The zero-order valence-electron chi connectivity index (χ0n) is 11.4. The lowest BCUT2D eigenvalue weighted by Gasteiger charge is -2.23. The summed E-state index contributed by atoms with van der Waals surface area (Å²) in [6.45, 7) is 3.16. The normalized spacial score (nSPS) is 12.0. The topological polar surface area (TPSA) is 140 Å². The van der Waals surface area contributed by atoms with Crippen LogP contribution in [0, 0.1) is 10.1 Å². The number of anilines is 2. The smallest absolute Gasteiger partial charge is 0.276 e. The number of rotatable bonds is 6. The van der Waals surface area contributed by atoms with Gasteiger partial charge in [0.1, 0.15) is 11.6 Å². The number of nitrogens with zero attached hydrogens (tertiary/aromatic N) is 2. The highest BCUT2D eigenvalue weighted by Crippen LogP contribution is 2.22. The van der Waals surface area contributed by atoms with Gasteiger partial charge in [-0.1, -0.05) is 0 Å². The first-order valence-electron chi connectivity index (χ1n) is 5.63. The molecule has 10 heteroatoms. The van der Waals surface area contributed by atoms with Crippen molar-refractivity contribution in [1.29, 1.82) is 0 Å². The maximum Gasteiger partial charge on any atom is 0.276 e. The summed E-state index contributed by atoms with van der Waals surface area (Å²) in [4.78, 5) is 14.2. The van der Waals surface area contributed by atoms with E-state index in [9.17, 15) is 18.5 Å². The lowest BCUT2D eigenvalue weighted by atomic mass is 10.2. The fourth-order valence-corrected chi connectivity index (χ4v) is 1.55. The van der Waals surface area contributed by atoms with E-state index in [1.807, 2.05) is 0 Å². The van der Waals surface area contributed by atoms with Crippen molar-refractivity contribution in [2.75, 3.05) is 23.5 Å². The molecule has 0 aromatic carbocycles. The molecule has 0 atom stereocenters. The van der Waals surface area contributed by atoms with E-state index < -0.39 is 19.5 Å². The molecule has 0 fully saturated rings. The lowest BCUT2D eigenvalue weighted by molar-refractivity contribution is -0.384. The van der Waals surface area contributed by atoms with Crippen LogP contribution < -0.4 is 16.6 Å². The van der Waals surface area contributed by atoms with Crippen molar-refractivity contribution in [2.45, 2.75) is 18.6 Å². The molecule has 0 aliphatic heterocycles. The third-order valence-electron chi connectivity index (χ3n) is 2.87. The molecule has 9 nitrogen and oxygen atoms in total. The maximum absolute atomic E-state index is 11.6. The summed E-state index contributed by atoms with van der Waals surface area (Å²) in [5.74, 6) is 5.46. The Morgan fingerprint density at radius 3 is 2.40 bits per heavy atom. The molecule has 0 saturated carbocycles. The number of aromatic nitrogens is 1. The number of sulfone groups is 1. The van der Waals surface area contributed by atoms with Crippen LogP contribution in [0.2, 0.25) is 0 Å². The van der Waals surface area contributed by atoms with Gasteiger partial charge in [0.05, 0.1) is 21.8 Å². The predicted octanol–water partition coefficient (Wildman–Crippen LogP) is 0.510. The van der Waals surface area contributed by atoms with Gasteiger partial charge in [0.2, 0.25) is 0 Å². The molecule has 1 heterocycles. The Kier molecular flexibility index (Phi) is 4.50. The second-order valence-electron chi connectivity index (χ2n) is 4.88. The van der Waals surface area contributed by atoms with E-state index in [1.54, 1.807) is 13.8 Å². The Morgan fingerprint density at radius 2 is 1.95 bits per heavy atom. The molecule has 0 saturated heterocycles. The second-order valence-corrected chi connectivity index (χ2v) is 7.53. The summed E-state index contributed by atoms with van der Waals surface area (Å²) in [6, 6.07) is 2.38. The minimum Gasteiger partial charge on any atom is -0.368 e. The fraction of sp³-hybridized carbons (Fsp3) is 0.500. The van der Waals surface area contributed by atoms with E-state index in [-0.39, 0.29) is 23.9 Å². The SMILES string of the molecule is CC(C)(CNc1cc([N+](=O)[O-])cc(NN)n1)S(C)(=O)=O. The number of nitrogens with one attached hydrogen (secondary N) is 2. The first-order chi connectivity index (χ1) is 9.06. The van der Waals surface area contributed by atoms with Crippen molar-refractivity contribution in [3.05, 3.63) is 22.2 Å². The largest absolute Gasteiger partial charge is 0.368 e. The number of pyridine rings is 1. The van der Waals surface area contributed by atoms with Crippen molar-refractivity contribution in [1.82, 2.24) is 4.98 Å². The molecule has 1 aromatic rings. The van der Waals surface area contributed by atoms with Crippen molar-refractivity contribution < 1.29 is 13.3 Å². The van der Waals surface area contributed by atoms with Crippen LogP contribution in [-0.2, 0) is 9.84 Å². The lowest BCUT2D eigenvalue weighted by Crippen LogP contribution is -2.38. The Bertz CT molecular complexity index is 614. The van der Waals surface area contributed by atoms with E-state index in [1.165, 1.54) is 12.1 Å². The van der Waals surface area contributed by atoms with E-state index in [2.05, 4.69) is 15.7 Å². The van der Waals surface area contributed by atoms with Gasteiger partial charge in [-0.05, 0) is 13.8 Å². The van der Waals surface area contributed by atoms with E-state index in [0.717, 1.165) is 6.26 Å². The second kappa shape index (κ2) is 5.59. The molecule has 0 bridgehead atoms. The van der Waals surface area contributed by atoms with Gasteiger partial charge in [0, 0.05) is 12.8 Å². The zero-order chi connectivity index (χ0) is 15.6. The zero-order valence-corrected chi connectivity index (χ0v) is 12.2. The molecule has 112 valence electrons. The Balaban J connectivity index is 2.99. The van der Waals surface area contributed by atoms with Gasteiger partial charge in [0.25, 0.3) is 5.69 Å². The summed E-state index contributed by atoms with van der Waals surface area (Å²) >= 11 is 0. The minimum atomic E-state index is -3.28. The van der Waals surface area contributed by atoms with Crippen LogP contribution in [-0.4, -0.2) is 35.9 Å². The monoisotopic (exact) mass is 303 g/mol. The first-order valence-corrected chi connectivity index (χ1v) is 7.52. The number of nitrogens with two attached hydrogens (primary N) is 1. The van der Waals surface area contributed by atoms with Gasteiger partial charge in [-0.2, -0.15) is 0 Å². The van der Waals surface area contributed by atoms with Crippen molar-refractivity contribution in [3.63, 3.8) is 0 Å². The van der Waals surface area contributed by atoms with Gasteiger partial charge in [-0.3, -0.25) is 10.1 Å². The highest BCUT2D eigenvalue weighted by molar-refractivity contribution is 7.92. The molecule has 0 aliphatic rings. The summed E-state index contributed by atoms with van der Waals surface area (Å²) in [5.41, 5.74) is 2.01. The number of nitro groups is 1. The molecule has 1 rings (SSSR count). The van der Waals surface area contributed by atoms with Gasteiger partial charge < -0.3 is 10.7 Å². The number of hydrogen-bond donors (Lipinski definition) is 3. The molecule has 0 unspecified atom stereocenters. The number of hydrazine groups is 1. The van der Waals surface area contributed by atoms with Crippen LogP contribution in [0.3, 0.4) is 0 Å². The van der Waals surface area contributed by atoms with Crippen molar-refractivity contribution in [3.8, 4) is 0 Å². The van der Waals surface area contributed by atoms with Gasteiger partial charge in [-0.15, -0.1) is 0 Å². The Hall–Kier alpha value is -1.94.